The maximum Gasteiger partial charge on any atom is 0.289 e. The molecule has 1 amide bonds. The quantitative estimate of drug-likeness (QED) is 0.340. The fourth-order valence-electron chi connectivity index (χ4n) is 3.21. The van der Waals surface area contributed by atoms with Gasteiger partial charge < -0.3 is 29.4 Å². The van der Waals surface area contributed by atoms with Crippen molar-refractivity contribution in [2.24, 2.45) is 4.99 Å². The zero-order chi connectivity index (χ0) is 20.6. The van der Waals surface area contributed by atoms with Crippen molar-refractivity contribution in [3.05, 3.63) is 54.0 Å². The molecule has 9 heteroatoms. The summed E-state index contributed by atoms with van der Waals surface area (Å²) in [5.41, 5.74) is 0.791. The number of nitrogens with one attached hydrogen (secondary N) is 1. The molecule has 2 heterocycles. The monoisotopic (exact) mass is 528 g/mol. The van der Waals surface area contributed by atoms with Gasteiger partial charge in [0, 0.05) is 32.7 Å². The van der Waals surface area contributed by atoms with Crippen LogP contribution in [0.15, 0.2) is 52.1 Å². The molecule has 1 saturated heterocycles. The van der Waals surface area contributed by atoms with E-state index in [0.29, 0.717) is 31.9 Å². The molecule has 1 aliphatic rings. The summed E-state index contributed by atoms with van der Waals surface area (Å²) in [5.74, 6) is 1.76. The maximum absolute atomic E-state index is 12.4. The Morgan fingerprint density at radius 3 is 2.43 bits per heavy atom. The summed E-state index contributed by atoms with van der Waals surface area (Å²) >= 11 is 0. The Morgan fingerprint density at radius 2 is 1.87 bits per heavy atom. The average molecular weight is 528 g/mol. The number of hydrogen-bond acceptors (Lipinski definition) is 5. The Morgan fingerprint density at radius 1 is 1.20 bits per heavy atom. The van der Waals surface area contributed by atoms with Gasteiger partial charge in [-0.1, -0.05) is 12.1 Å². The van der Waals surface area contributed by atoms with E-state index in [1.807, 2.05) is 31.2 Å². The Bertz CT molecular complexity index is 803. The standard InChI is InChI=1S/C21H28N4O4.HI/c1-3-22-21(23-15-18(26)16-6-8-17(28-2)9-7-16)25-12-10-24(11-13-25)20(27)19-5-4-14-29-19;/h4-9,14,18,26H,3,10-13,15H2,1-2H3,(H,22,23);1H. The molecule has 1 aromatic carbocycles. The van der Waals surface area contributed by atoms with E-state index in [2.05, 4.69) is 15.2 Å². The molecule has 1 aromatic heterocycles. The fourth-order valence-corrected chi connectivity index (χ4v) is 3.21. The minimum Gasteiger partial charge on any atom is -0.497 e. The van der Waals surface area contributed by atoms with Crippen molar-refractivity contribution in [1.82, 2.24) is 15.1 Å². The highest BCUT2D eigenvalue weighted by atomic mass is 127. The molecule has 30 heavy (non-hydrogen) atoms. The first-order valence-electron chi connectivity index (χ1n) is 9.80. The fraction of sp³-hybridized carbons (Fsp3) is 0.429. The molecular weight excluding hydrogens is 499 g/mol. The number of nitrogens with zero attached hydrogens (tertiary/aromatic N) is 3. The summed E-state index contributed by atoms with van der Waals surface area (Å²) in [4.78, 5) is 20.9. The van der Waals surface area contributed by atoms with Crippen LogP contribution in [0.2, 0.25) is 0 Å². The zero-order valence-corrected chi connectivity index (χ0v) is 19.6. The lowest BCUT2D eigenvalue weighted by atomic mass is 10.1. The van der Waals surface area contributed by atoms with Crippen LogP contribution in [0.1, 0.15) is 29.1 Å². The number of benzene rings is 1. The second-order valence-electron chi connectivity index (χ2n) is 6.74. The predicted molar refractivity (Wildman–Crippen MR) is 126 cm³/mol. The number of guanidine groups is 1. The Balaban J connectivity index is 0.00000320. The number of rotatable bonds is 6. The molecule has 1 unspecified atom stereocenters. The van der Waals surface area contributed by atoms with Crippen LogP contribution in [-0.2, 0) is 0 Å². The van der Waals surface area contributed by atoms with E-state index in [-0.39, 0.29) is 36.4 Å². The number of halogens is 1. The van der Waals surface area contributed by atoms with Gasteiger partial charge in [-0.3, -0.25) is 9.79 Å². The van der Waals surface area contributed by atoms with Gasteiger partial charge in [-0.05, 0) is 36.8 Å². The predicted octanol–water partition coefficient (Wildman–Crippen LogP) is 2.36. The van der Waals surface area contributed by atoms with E-state index in [1.165, 1.54) is 6.26 Å². The van der Waals surface area contributed by atoms with Crippen LogP contribution in [0, 0.1) is 0 Å². The molecule has 0 radical (unpaired) electrons. The summed E-state index contributed by atoms with van der Waals surface area (Å²) in [6.45, 7) is 5.49. The number of hydrogen-bond donors (Lipinski definition) is 2. The van der Waals surface area contributed by atoms with Gasteiger partial charge in [-0.15, -0.1) is 24.0 Å². The Hall–Kier alpha value is -2.27. The van der Waals surface area contributed by atoms with Gasteiger partial charge in [-0.2, -0.15) is 0 Å². The summed E-state index contributed by atoms with van der Waals surface area (Å²) in [6.07, 6.45) is 0.810. The molecular formula is C21H29IN4O4. The largest absolute Gasteiger partial charge is 0.497 e. The van der Waals surface area contributed by atoms with Crippen molar-refractivity contribution in [3.8, 4) is 5.75 Å². The Kier molecular flexibility index (Phi) is 9.44. The smallest absolute Gasteiger partial charge is 0.289 e. The van der Waals surface area contributed by atoms with Crippen LogP contribution in [0.25, 0.3) is 0 Å². The van der Waals surface area contributed by atoms with E-state index >= 15 is 0 Å². The van der Waals surface area contributed by atoms with Crippen LogP contribution >= 0.6 is 24.0 Å². The normalized spacial score (nSPS) is 15.4. The van der Waals surface area contributed by atoms with Crippen LogP contribution in [-0.4, -0.2) is 73.2 Å². The molecule has 1 aliphatic heterocycles. The molecule has 2 aromatic rings. The number of carbonyl (C=O) groups is 1. The van der Waals surface area contributed by atoms with Gasteiger partial charge in [0.25, 0.3) is 5.91 Å². The van der Waals surface area contributed by atoms with E-state index in [1.54, 1.807) is 24.1 Å². The van der Waals surface area contributed by atoms with E-state index in [4.69, 9.17) is 9.15 Å². The number of methoxy groups -OCH3 is 1. The van der Waals surface area contributed by atoms with Gasteiger partial charge in [0.1, 0.15) is 5.75 Å². The number of aliphatic hydroxyl groups is 1. The van der Waals surface area contributed by atoms with Crippen molar-refractivity contribution < 1.29 is 19.1 Å². The van der Waals surface area contributed by atoms with Crippen molar-refractivity contribution in [3.63, 3.8) is 0 Å². The van der Waals surface area contributed by atoms with Crippen LogP contribution < -0.4 is 10.1 Å². The number of furan rings is 1. The van der Waals surface area contributed by atoms with Crippen molar-refractivity contribution in [2.75, 3.05) is 46.4 Å². The number of carbonyl (C=O) groups excluding carboxylic acids is 1. The number of ether oxygens (including phenoxy) is 1. The molecule has 8 nitrogen and oxygen atoms in total. The third-order valence-electron chi connectivity index (χ3n) is 4.85. The SMILES string of the molecule is CCNC(=NCC(O)c1ccc(OC)cc1)N1CCN(C(=O)c2ccco2)CC1.I. The van der Waals surface area contributed by atoms with Gasteiger partial charge in [0.15, 0.2) is 11.7 Å². The molecule has 164 valence electrons. The molecule has 0 saturated carbocycles. The number of aliphatic imine (C=N–C) groups is 1. The van der Waals surface area contributed by atoms with Gasteiger partial charge in [0.05, 0.1) is 26.0 Å². The zero-order valence-electron chi connectivity index (χ0n) is 17.3. The highest BCUT2D eigenvalue weighted by Crippen LogP contribution is 2.18. The van der Waals surface area contributed by atoms with E-state index in [0.717, 1.165) is 23.8 Å². The second-order valence-corrected chi connectivity index (χ2v) is 6.74. The average Bonchev–Trinajstić information content (AvgIpc) is 3.31. The first-order valence-corrected chi connectivity index (χ1v) is 9.80. The van der Waals surface area contributed by atoms with Crippen molar-refractivity contribution in [2.45, 2.75) is 13.0 Å². The van der Waals surface area contributed by atoms with Crippen molar-refractivity contribution >= 4 is 35.8 Å². The highest BCUT2D eigenvalue weighted by molar-refractivity contribution is 14.0. The third kappa shape index (κ3) is 6.11. The minimum atomic E-state index is -0.698. The lowest BCUT2D eigenvalue weighted by Crippen LogP contribution is -2.53. The third-order valence-corrected chi connectivity index (χ3v) is 4.85. The van der Waals surface area contributed by atoms with Crippen LogP contribution in [0.5, 0.6) is 5.75 Å². The number of aliphatic hydroxyl groups excluding tert-OH is 1. The van der Waals surface area contributed by atoms with Crippen LogP contribution in [0.3, 0.4) is 0 Å². The van der Waals surface area contributed by atoms with Crippen molar-refractivity contribution in [1.29, 1.82) is 0 Å². The summed E-state index contributed by atoms with van der Waals surface area (Å²) in [6, 6.07) is 10.7. The second kappa shape index (κ2) is 11.8. The molecule has 2 N–H and O–H groups in total. The molecule has 1 fully saturated rings. The lowest BCUT2D eigenvalue weighted by Gasteiger charge is -2.36. The Labute approximate surface area is 193 Å². The van der Waals surface area contributed by atoms with Crippen LogP contribution in [0.4, 0.5) is 0 Å². The molecule has 1 atom stereocenters. The minimum absolute atomic E-state index is 0. The summed E-state index contributed by atoms with van der Waals surface area (Å²) < 4.78 is 10.4. The van der Waals surface area contributed by atoms with E-state index in [9.17, 15) is 9.90 Å². The molecule has 3 rings (SSSR count). The van der Waals surface area contributed by atoms with E-state index < -0.39 is 6.10 Å². The molecule has 0 spiro atoms. The van der Waals surface area contributed by atoms with Gasteiger partial charge in [-0.25, -0.2) is 0 Å². The molecule has 0 bridgehead atoms. The number of amides is 1. The molecule has 0 aliphatic carbocycles. The summed E-state index contributed by atoms with van der Waals surface area (Å²) in [5, 5.41) is 13.7. The highest BCUT2D eigenvalue weighted by Gasteiger charge is 2.25. The topological polar surface area (TPSA) is 90.5 Å². The number of piperazine rings is 1. The van der Waals surface area contributed by atoms with Gasteiger partial charge in [0.2, 0.25) is 0 Å². The first-order chi connectivity index (χ1) is 14.1. The lowest BCUT2D eigenvalue weighted by molar-refractivity contribution is 0.0657. The first kappa shape index (κ1) is 24.0. The van der Waals surface area contributed by atoms with Gasteiger partial charge >= 0.3 is 0 Å². The maximum atomic E-state index is 12.4. The summed E-state index contributed by atoms with van der Waals surface area (Å²) in [7, 11) is 1.61.